The number of hydrogen-bond donors (Lipinski definition) is 2. The van der Waals surface area contributed by atoms with Gasteiger partial charge in [-0.05, 0) is 6.42 Å². The summed E-state index contributed by atoms with van der Waals surface area (Å²) in [4.78, 5) is 24.3. The number of carbonyl (C=O) groups excluding carboxylic acids is 2. The van der Waals surface area contributed by atoms with E-state index in [4.69, 9.17) is 5.73 Å². The Morgan fingerprint density at radius 3 is 2.47 bits per heavy atom. The van der Waals surface area contributed by atoms with Crippen LogP contribution in [0.2, 0.25) is 0 Å². The van der Waals surface area contributed by atoms with Crippen LogP contribution in [0, 0.1) is 0 Å². The predicted octanol–water partition coefficient (Wildman–Crippen LogP) is 0.489. The van der Waals surface area contributed by atoms with Crippen molar-refractivity contribution < 1.29 is 9.59 Å². The van der Waals surface area contributed by atoms with Crippen LogP contribution in [0.4, 0.5) is 0 Å². The van der Waals surface area contributed by atoms with Crippen molar-refractivity contribution >= 4 is 11.8 Å². The first-order valence-corrected chi connectivity index (χ1v) is 6.26. The van der Waals surface area contributed by atoms with Crippen LogP contribution in [0.1, 0.15) is 40.0 Å². The van der Waals surface area contributed by atoms with Gasteiger partial charge < -0.3 is 16.0 Å². The summed E-state index contributed by atoms with van der Waals surface area (Å²) in [7, 11) is 0. The van der Waals surface area contributed by atoms with Gasteiger partial charge in [0.2, 0.25) is 11.8 Å². The van der Waals surface area contributed by atoms with E-state index in [2.05, 4.69) is 5.32 Å². The third-order valence-electron chi connectivity index (χ3n) is 2.37. The van der Waals surface area contributed by atoms with Crippen molar-refractivity contribution in [1.29, 1.82) is 0 Å². The van der Waals surface area contributed by atoms with Crippen LogP contribution in [0.25, 0.3) is 0 Å². The lowest BCUT2D eigenvalue weighted by Crippen LogP contribution is -2.40. The Morgan fingerprint density at radius 1 is 1.35 bits per heavy atom. The maximum atomic E-state index is 11.8. The third kappa shape index (κ3) is 8.68. The number of carbonyl (C=O) groups is 2. The van der Waals surface area contributed by atoms with Gasteiger partial charge in [0.15, 0.2) is 0 Å². The lowest BCUT2D eigenvalue weighted by atomic mass is 10.2. The first kappa shape index (κ1) is 15.9. The molecule has 0 aliphatic heterocycles. The van der Waals surface area contributed by atoms with Crippen molar-refractivity contribution in [3.8, 4) is 0 Å². The van der Waals surface area contributed by atoms with E-state index in [9.17, 15) is 9.59 Å². The van der Waals surface area contributed by atoms with Crippen LogP contribution in [0.5, 0.6) is 0 Å². The molecule has 0 heterocycles. The molecule has 0 atom stereocenters. The largest absolute Gasteiger partial charge is 0.368 e. The molecule has 0 saturated carbocycles. The Bertz CT molecular complexity index is 242. The second-order valence-electron chi connectivity index (χ2n) is 4.49. The zero-order valence-electron chi connectivity index (χ0n) is 11.2. The van der Waals surface area contributed by atoms with Gasteiger partial charge in [-0.15, -0.1) is 0 Å². The number of nitrogens with one attached hydrogen (secondary N) is 1. The monoisotopic (exact) mass is 243 g/mol. The van der Waals surface area contributed by atoms with Gasteiger partial charge in [-0.3, -0.25) is 9.59 Å². The van der Waals surface area contributed by atoms with E-state index >= 15 is 0 Å². The molecule has 0 rings (SSSR count). The zero-order chi connectivity index (χ0) is 13.3. The molecule has 5 nitrogen and oxygen atoms in total. The van der Waals surface area contributed by atoms with Crippen LogP contribution in [0.3, 0.4) is 0 Å². The van der Waals surface area contributed by atoms with E-state index in [1.54, 1.807) is 4.90 Å². The zero-order valence-corrected chi connectivity index (χ0v) is 11.2. The van der Waals surface area contributed by atoms with Gasteiger partial charge in [0.25, 0.3) is 0 Å². The highest BCUT2D eigenvalue weighted by molar-refractivity contribution is 5.83. The summed E-state index contributed by atoms with van der Waals surface area (Å²) in [6.45, 7) is 7.39. The first-order chi connectivity index (χ1) is 7.97. The maximum absolute atomic E-state index is 11.8. The summed E-state index contributed by atoms with van der Waals surface area (Å²) in [5, 5.41) is 3.18. The lowest BCUT2D eigenvalue weighted by Gasteiger charge is -2.21. The average molecular weight is 243 g/mol. The minimum atomic E-state index is -0.453. The molecule has 100 valence electrons. The van der Waals surface area contributed by atoms with Crippen LogP contribution in [-0.4, -0.2) is 42.4 Å². The number of nitrogens with zero attached hydrogens (tertiary/aromatic N) is 1. The molecule has 0 bridgehead atoms. The molecule has 0 aromatic heterocycles. The fourth-order valence-corrected chi connectivity index (χ4v) is 1.45. The molecule has 2 amide bonds. The smallest absolute Gasteiger partial charge is 0.237 e. The standard InChI is InChI=1S/C12H25N3O2/c1-4-5-8-15(9-11(13)16)12(17)6-7-14-10(2)3/h10,14H,4-9H2,1-3H3,(H2,13,16). The molecule has 0 aromatic rings. The topological polar surface area (TPSA) is 75.4 Å². The highest BCUT2D eigenvalue weighted by Crippen LogP contribution is 1.98. The Labute approximate surface area is 104 Å². The van der Waals surface area contributed by atoms with Gasteiger partial charge in [-0.2, -0.15) is 0 Å². The molecule has 0 aliphatic carbocycles. The van der Waals surface area contributed by atoms with Crippen molar-refractivity contribution in [1.82, 2.24) is 10.2 Å². The van der Waals surface area contributed by atoms with Crippen molar-refractivity contribution in [2.24, 2.45) is 5.73 Å². The maximum Gasteiger partial charge on any atom is 0.237 e. The Morgan fingerprint density at radius 2 is 2.00 bits per heavy atom. The Hall–Kier alpha value is -1.10. The minimum Gasteiger partial charge on any atom is -0.368 e. The number of amides is 2. The minimum absolute atomic E-state index is 0.00889. The van der Waals surface area contributed by atoms with Crippen molar-refractivity contribution in [3.05, 3.63) is 0 Å². The normalized spacial score (nSPS) is 10.6. The van der Waals surface area contributed by atoms with E-state index in [0.29, 0.717) is 25.6 Å². The lowest BCUT2D eigenvalue weighted by molar-refractivity contribution is -0.135. The van der Waals surface area contributed by atoms with Crippen LogP contribution in [0.15, 0.2) is 0 Å². The molecule has 0 unspecified atom stereocenters. The van der Waals surface area contributed by atoms with Gasteiger partial charge in [-0.25, -0.2) is 0 Å². The molecular weight excluding hydrogens is 218 g/mol. The fourth-order valence-electron chi connectivity index (χ4n) is 1.45. The highest BCUT2D eigenvalue weighted by atomic mass is 16.2. The number of rotatable bonds is 9. The van der Waals surface area contributed by atoms with Gasteiger partial charge in [0.1, 0.15) is 0 Å². The van der Waals surface area contributed by atoms with Crippen molar-refractivity contribution in [2.45, 2.75) is 46.1 Å². The van der Waals surface area contributed by atoms with Crippen LogP contribution >= 0.6 is 0 Å². The molecule has 0 fully saturated rings. The van der Waals surface area contributed by atoms with Crippen molar-refractivity contribution in [3.63, 3.8) is 0 Å². The Kier molecular flexibility index (Phi) is 8.40. The molecule has 17 heavy (non-hydrogen) atoms. The molecule has 0 spiro atoms. The second-order valence-corrected chi connectivity index (χ2v) is 4.49. The molecule has 0 radical (unpaired) electrons. The van der Waals surface area contributed by atoms with Crippen LogP contribution in [-0.2, 0) is 9.59 Å². The summed E-state index contributed by atoms with van der Waals surface area (Å²) in [5.41, 5.74) is 5.13. The molecule has 5 heteroatoms. The van der Waals surface area contributed by atoms with E-state index in [1.165, 1.54) is 0 Å². The number of hydrogen-bond acceptors (Lipinski definition) is 3. The number of unbranched alkanes of at least 4 members (excludes halogenated alkanes) is 1. The number of nitrogens with two attached hydrogens (primary N) is 1. The fraction of sp³-hybridized carbons (Fsp3) is 0.833. The predicted molar refractivity (Wildman–Crippen MR) is 68.4 cm³/mol. The summed E-state index contributed by atoms with van der Waals surface area (Å²) < 4.78 is 0. The van der Waals surface area contributed by atoms with Crippen LogP contribution < -0.4 is 11.1 Å². The second kappa shape index (κ2) is 8.98. The van der Waals surface area contributed by atoms with Gasteiger partial charge in [0.05, 0.1) is 6.54 Å². The third-order valence-corrected chi connectivity index (χ3v) is 2.37. The number of primary amides is 1. The van der Waals surface area contributed by atoms with Gasteiger partial charge >= 0.3 is 0 Å². The van der Waals surface area contributed by atoms with E-state index in [0.717, 1.165) is 12.8 Å². The van der Waals surface area contributed by atoms with E-state index in [1.807, 2.05) is 20.8 Å². The highest BCUT2D eigenvalue weighted by Gasteiger charge is 2.14. The van der Waals surface area contributed by atoms with Crippen molar-refractivity contribution in [2.75, 3.05) is 19.6 Å². The SMILES string of the molecule is CCCCN(CC(N)=O)C(=O)CCNC(C)C. The Balaban J connectivity index is 4.07. The molecule has 0 aromatic carbocycles. The average Bonchev–Trinajstić information content (AvgIpc) is 2.22. The molecular formula is C12H25N3O2. The quantitative estimate of drug-likeness (QED) is 0.619. The van der Waals surface area contributed by atoms with Gasteiger partial charge in [0, 0.05) is 25.6 Å². The molecule has 3 N–H and O–H groups in total. The van der Waals surface area contributed by atoms with E-state index < -0.39 is 5.91 Å². The summed E-state index contributed by atoms with van der Waals surface area (Å²) in [6, 6.07) is 0.364. The summed E-state index contributed by atoms with van der Waals surface area (Å²) in [5.74, 6) is -0.461. The summed E-state index contributed by atoms with van der Waals surface area (Å²) >= 11 is 0. The first-order valence-electron chi connectivity index (χ1n) is 6.26. The molecule has 0 saturated heterocycles. The molecule has 0 aliphatic rings. The van der Waals surface area contributed by atoms with E-state index in [-0.39, 0.29) is 12.5 Å². The van der Waals surface area contributed by atoms with Gasteiger partial charge in [-0.1, -0.05) is 27.2 Å². The summed E-state index contributed by atoms with van der Waals surface area (Å²) in [6.07, 6.45) is 2.30.